The number of benzene rings is 1. The standard InChI is InChI=1S/C13H10ClNO2/c1-3-8-7(2)9-4-11-12(17-6-16-11)5-10(9)15-13(8)14/h3-5H,1,6H2,2H3. The van der Waals surface area contributed by atoms with Crippen LogP contribution >= 0.6 is 11.6 Å². The van der Waals surface area contributed by atoms with Gasteiger partial charge in [-0.25, -0.2) is 4.98 Å². The Morgan fingerprint density at radius 1 is 1.35 bits per heavy atom. The van der Waals surface area contributed by atoms with Crippen molar-refractivity contribution in [3.05, 3.63) is 35.0 Å². The molecule has 0 spiro atoms. The molecule has 0 amide bonds. The molecule has 0 N–H and O–H groups in total. The number of hydrogen-bond donors (Lipinski definition) is 0. The van der Waals surface area contributed by atoms with Crippen LogP contribution in [0.3, 0.4) is 0 Å². The molecule has 1 aliphatic heterocycles. The third-order valence-corrected chi connectivity index (χ3v) is 3.23. The lowest BCUT2D eigenvalue weighted by molar-refractivity contribution is 0.174. The SMILES string of the molecule is C=Cc1c(Cl)nc2cc3c(cc2c1C)OCO3. The van der Waals surface area contributed by atoms with Crippen LogP contribution in [0.2, 0.25) is 5.15 Å². The number of hydrogen-bond acceptors (Lipinski definition) is 3. The minimum absolute atomic E-state index is 0.257. The Morgan fingerprint density at radius 2 is 2.06 bits per heavy atom. The first-order valence-electron chi connectivity index (χ1n) is 5.22. The molecule has 0 saturated heterocycles. The van der Waals surface area contributed by atoms with Gasteiger partial charge in [-0.1, -0.05) is 24.3 Å². The second kappa shape index (κ2) is 3.64. The first-order valence-corrected chi connectivity index (χ1v) is 5.60. The monoisotopic (exact) mass is 247 g/mol. The molecule has 0 bridgehead atoms. The second-order valence-corrected chi connectivity index (χ2v) is 4.23. The van der Waals surface area contributed by atoms with Crippen molar-refractivity contribution in [1.29, 1.82) is 0 Å². The fourth-order valence-corrected chi connectivity index (χ4v) is 2.34. The molecule has 4 heteroatoms. The average Bonchev–Trinajstić information content (AvgIpc) is 2.74. The minimum atomic E-state index is 0.257. The van der Waals surface area contributed by atoms with Crippen molar-refractivity contribution in [2.24, 2.45) is 0 Å². The average molecular weight is 248 g/mol. The van der Waals surface area contributed by atoms with E-state index in [1.54, 1.807) is 6.08 Å². The maximum Gasteiger partial charge on any atom is 0.231 e. The highest BCUT2D eigenvalue weighted by Gasteiger charge is 2.17. The van der Waals surface area contributed by atoms with Crippen molar-refractivity contribution in [3.63, 3.8) is 0 Å². The largest absolute Gasteiger partial charge is 0.454 e. The number of nitrogens with zero attached hydrogens (tertiary/aromatic N) is 1. The summed E-state index contributed by atoms with van der Waals surface area (Å²) < 4.78 is 10.7. The van der Waals surface area contributed by atoms with E-state index >= 15 is 0 Å². The van der Waals surface area contributed by atoms with Crippen molar-refractivity contribution in [3.8, 4) is 11.5 Å². The van der Waals surface area contributed by atoms with Crippen LogP contribution in [-0.2, 0) is 0 Å². The molecule has 0 radical (unpaired) electrons. The van der Waals surface area contributed by atoms with Gasteiger partial charge < -0.3 is 9.47 Å². The van der Waals surface area contributed by atoms with Crippen LogP contribution in [0.5, 0.6) is 11.5 Å². The molecule has 0 fully saturated rings. The van der Waals surface area contributed by atoms with Crippen molar-refractivity contribution in [2.45, 2.75) is 6.92 Å². The van der Waals surface area contributed by atoms with Gasteiger partial charge in [-0.3, -0.25) is 0 Å². The first kappa shape index (κ1) is 10.4. The summed E-state index contributed by atoms with van der Waals surface area (Å²) in [6.07, 6.45) is 1.72. The number of aromatic nitrogens is 1. The molecule has 1 aromatic heterocycles. The molecule has 3 nitrogen and oxygen atoms in total. The van der Waals surface area contributed by atoms with Crippen molar-refractivity contribution >= 4 is 28.6 Å². The quantitative estimate of drug-likeness (QED) is 0.722. The van der Waals surface area contributed by atoms with Gasteiger partial charge in [0.15, 0.2) is 11.5 Å². The van der Waals surface area contributed by atoms with Gasteiger partial charge in [0.2, 0.25) is 6.79 Å². The summed E-state index contributed by atoms with van der Waals surface area (Å²) in [5.74, 6) is 1.46. The van der Waals surface area contributed by atoms with Gasteiger partial charge in [-0.05, 0) is 18.6 Å². The lowest BCUT2D eigenvalue weighted by Gasteiger charge is -2.08. The molecule has 0 unspecified atom stereocenters. The zero-order chi connectivity index (χ0) is 12.0. The lowest BCUT2D eigenvalue weighted by Crippen LogP contribution is -1.92. The molecule has 0 aliphatic carbocycles. The van der Waals surface area contributed by atoms with E-state index in [1.807, 2.05) is 19.1 Å². The van der Waals surface area contributed by atoms with E-state index in [2.05, 4.69) is 11.6 Å². The third kappa shape index (κ3) is 1.46. The van der Waals surface area contributed by atoms with Gasteiger partial charge in [0.25, 0.3) is 0 Å². The summed E-state index contributed by atoms with van der Waals surface area (Å²) in [6, 6.07) is 3.78. The molecule has 1 aromatic carbocycles. The van der Waals surface area contributed by atoms with E-state index in [1.165, 1.54) is 0 Å². The van der Waals surface area contributed by atoms with Gasteiger partial charge in [-0.15, -0.1) is 0 Å². The van der Waals surface area contributed by atoms with Crippen molar-refractivity contribution in [2.75, 3.05) is 6.79 Å². The molecular weight excluding hydrogens is 238 g/mol. The van der Waals surface area contributed by atoms with E-state index < -0.39 is 0 Å². The summed E-state index contributed by atoms with van der Waals surface area (Å²) in [5, 5.41) is 1.47. The predicted molar refractivity (Wildman–Crippen MR) is 67.7 cm³/mol. The van der Waals surface area contributed by atoms with Crippen LogP contribution in [0.1, 0.15) is 11.1 Å². The highest BCUT2D eigenvalue weighted by molar-refractivity contribution is 6.31. The summed E-state index contributed by atoms with van der Waals surface area (Å²) in [7, 11) is 0. The number of halogens is 1. The summed E-state index contributed by atoms with van der Waals surface area (Å²) >= 11 is 6.11. The highest BCUT2D eigenvalue weighted by atomic mass is 35.5. The van der Waals surface area contributed by atoms with Crippen LogP contribution in [0.15, 0.2) is 18.7 Å². The Bertz CT molecular complexity index is 637. The summed E-state index contributed by atoms with van der Waals surface area (Å²) in [6.45, 7) is 6.00. The van der Waals surface area contributed by atoms with Gasteiger partial charge in [-0.2, -0.15) is 0 Å². The maximum atomic E-state index is 6.11. The van der Waals surface area contributed by atoms with Crippen LogP contribution in [0.4, 0.5) is 0 Å². The normalized spacial score (nSPS) is 13.1. The molecule has 2 aromatic rings. The Morgan fingerprint density at radius 3 is 2.76 bits per heavy atom. The van der Waals surface area contributed by atoms with Crippen LogP contribution in [0, 0.1) is 6.92 Å². The molecule has 0 atom stereocenters. The fraction of sp³-hybridized carbons (Fsp3) is 0.154. The number of pyridine rings is 1. The number of fused-ring (bicyclic) bond motifs is 2. The van der Waals surface area contributed by atoms with Crippen molar-refractivity contribution < 1.29 is 9.47 Å². The lowest BCUT2D eigenvalue weighted by atomic mass is 10.0. The van der Waals surface area contributed by atoms with E-state index in [0.29, 0.717) is 10.9 Å². The van der Waals surface area contributed by atoms with E-state index in [9.17, 15) is 0 Å². The Hall–Kier alpha value is -1.74. The zero-order valence-corrected chi connectivity index (χ0v) is 10.0. The van der Waals surface area contributed by atoms with Crippen LogP contribution in [0.25, 0.3) is 17.0 Å². The zero-order valence-electron chi connectivity index (χ0n) is 9.29. The number of rotatable bonds is 1. The van der Waals surface area contributed by atoms with Crippen molar-refractivity contribution in [1.82, 2.24) is 4.98 Å². The second-order valence-electron chi connectivity index (χ2n) is 3.87. The molecular formula is C13H10ClNO2. The van der Waals surface area contributed by atoms with E-state index in [-0.39, 0.29) is 6.79 Å². The molecule has 3 rings (SSSR count). The Kier molecular flexibility index (Phi) is 2.23. The number of aryl methyl sites for hydroxylation is 1. The summed E-state index contributed by atoms with van der Waals surface area (Å²) in [4.78, 5) is 4.34. The smallest absolute Gasteiger partial charge is 0.231 e. The van der Waals surface area contributed by atoms with Gasteiger partial charge in [0.1, 0.15) is 5.15 Å². The Balaban J connectivity index is 2.39. The molecule has 86 valence electrons. The predicted octanol–water partition coefficient (Wildman–Crippen LogP) is 3.57. The van der Waals surface area contributed by atoms with Gasteiger partial charge >= 0.3 is 0 Å². The molecule has 0 saturated carbocycles. The molecule has 17 heavy (non-hydrogen) atoms. The Labute approximate surface area is 104 Å². The molecule has 1 aliphatic rings. The third-order valence-electron chi connectivity index (χ3n) is 2.94. The van der Waals surface area contributed by atoms with Crippen LogP contribution < -0.4 is 9.47 Å². The van der Waals surface area contributed by atoms with Gasteiger partial charge in [0, 0.05) is 17.0 Å². The molecule has 2 heterocycles. The van der Waals surface area contributed by atoms with E-state index in [4.69, 9.17) is 21.1 Å². The fourth-order valence-electron chi connectivity index (χ4n) is 2.03. The summed E-state index contributed by atoms with van der Waals surface area (Å²) in [5.41, 5.74) is 2.72. The van der Waals surface area contributed by atoms with Gasteiger partial charge in [0.05, 0.1) is 5.52 Å². The van der Waals surface area contributed by atoms with E-state index in [0.717, 1.165) is 27.8 Å². The van der Waals surface area contributed by atoms with Crippen LogP contribution in [-0.4, -0.2) is 11.8 Å². The first-order chi connectivity index (χ1) is 8.20. The maximum absolute atomic E-state index is 6.11. The number of ether oxygens (including phenoxy) is 2. The minimum Gasteiger partial charge on any atom is -0.454 e. The topological polar surface area (TPSA) is 31.4 Å². The highest BCUT2D eigenvalue weighted by Crippen LogP contribution is 2.38.